The second-order valence-electron chi connectivity index (χ2n) is 4.42. The summed E-state index contributed by atoms with van der Waals surface area (Å²) in [7, 11) is 3.23. The maximum absolute atomic E-state index is 11.3. The predicted molar refractivity (Wildman–Crippen MR) is 69.3 cm³/mol. The number of carbonyl (C=O) groups excluding carboxylic acids is 1. The molecule has 18 heavy (non-hydrogen) atoms. The number of benzene rings is 1. The standard InChI is InChI=1S/C14H18N2O2/c1-9-6-10(2)12(14(18-5)11(9)3)8-16(4)13(17)7-15/h6H,8H2,1-5H3. The second kappa shape index (κ2) is 5.54. The molecule has 0 saturated heterocycles. The van der Waals surface area contributed by atoms with Crippen LogP contribution in [0.2, 0.25) is 0 Å². The van der Waals surface area contributed by atoms with Crippen molar-refractivity contribution in [1.82, 2.24) is 4.90 Å². The number of methoxy groups -OCH3 is 1. The van der Waals surface area contributed by atoms with Gasteiger partial charge >= 0.3 is 5.91 Å². The highest BCUT2D eigenvalue weighted by Gasteiger charge is 2.16. The van der Waals surface area contributed by atoms with Crippen LogP contribution in [0.1, 0.15) is 22.3 Å². The molecule has 1 aromatic carbocycles. The molecule has 1 aromatic rings. The first kappa shape index (κ1) is 14.0. The lowest BCUT2D eigenvalue weighted by atomic mass is 9.98. The number of hydrogen-bond acceptors (Lipinski definition) is 3. The van der Waals surface area contributed by atoms with E-state index in [1.54, 1.807) is 20.2 Å². The summed E-state index contributed by atoms with van der Waals surface area (Å²) in [6, 6.07) is 3.68. The minimum atomic E-state index is -0.547. The molecule has 0 atom stereocenters. The molecule has 0 aliphatic heterocycles. The van der Waals surface area contributed by atoms with E-state index in [0.717, 1.165) is 28.0 Å². The molecule has 1 rings (SSSR count). The maximum atomic E-state index is 11.3. The molecule has 4 nitrogen and oxygen atoms in total. The van der Waals surface area contributed by atoms with E-state index in [9.17, 15) is 4.79 Å². The molecule has 96 valence electrons. The number of rotatable bonds is 3. The van der Waals surface area contributed by atoms with E-state index in [1.807, 2.05) is 20.8 Å². The van der Waals surface area contributed by atoms with Crippen molar-refractivity contribution in [3.63, 3.8) is 0 Å². The van der Waals surface area contributed by atoms with Crippen LogP contribution in [0.15, 0.2) is 6.07 Å². The number of aryl methyl sites for hydroxylation is 2. The first-order chi connectivity index (χ1) is 8.42. The average Bonchev–Trinajstić information content (AvgIpc) is 2.35. The monoisotopic (exact) mass is 246 g/mol. The summed E-state index contributed by atoms with van der Waals surface area (Å²) in [4.78, 5) is 12.7. The molecule has 0 bridgehead atoms. The molecule has 0 aromatic heterocycles. The minimum absolute atomic E-state index is 0.377. The summed E-state index contributed by atoms with van der Waals surface area (Å²) in [5, 5.41) is 8.61. The Bertz CT molecular complexity index is 516. The van der Waals surface area contributed by atoms with Gasteiger partial charge in [-0.15, -0.1) is 0 Å². The van der Waals surface area contributed by atoms with E-state index in [-0.39, 0.29) is 0 Å². The third-order valence-corrected chi connectivity index (χ3v) is 3.16. The van der Waals surface area contributed by atoms with Gasteiger partial charge < -0.3 is 9.64 Å². The van der Waals surface area contributed by atoms with Gasteiger partial charge in [-0.05, 0) is 37.5 Å². The summed E-state index contributed by atoms with van der Waals surface area (Å²) in [5.41, 5.74) is 4.23. The molecule has 0 aliphatic rings. The highest BCUT2D eigenvalue weighted by atomic mass is 16.5. The summed E-state index contributed by atoms with van der Waals surface area (Å²) in [5.74, 6) is 0.250. The highest BCUT2D eigenvalue weighted by molar-refractivity contribution is 5.91. The van der Waals surface area contributed by atoms with Gasteiger partial charge in [0.1, 0.15) is 5.75 Å². The number of ether oxygens (including phenoxy) is 1. The Morgan fingerprint density at radius 2 is 2.00 bits per heavy atom. The Balaban J connectivity index is 3.21. The average molecular weight is 246 g/mol. The van der Waals surface area contributed by atoms with Gasteiger partial charge in [-0.2, -0.15) is 5.26 Å². The van der Waals surface area contributed by atoms with Gasteiger partial charge in [-0.25, -0.2) is 0 Å². The van der Waals surface area contributed by atoms with Crippen molar-refractivity contribution in [1.29, 1.82) is 5.26 Å². The molecule has 4 heteroatoms. The van der Waals surface area contributed by atoms with Gasteiger partial charge in [0.15, 0.2) is 6.07 Å². The molecular formula is C14H18N2O2. The normalized spacial score (nSPS) is 9.78. The summed E-state index contributed by atoms with van der Waals surface area (Å²) in [6.07, 6.45) is 0. The number of amides is 1. The van der Waals surface area contributed by atoms with Crippen LogP contribution in [0.3, 0.4) is 0 Å². The lowest BCUT2D eigenvalue weighted by molar-refractivity contribution is -0.124. The van der Waals surface area contributed by atoms with E-state index in [4.69, 9.17) is 10.00 Å². The number of nitrogens with zero attached hydrogens (tertiary/aromatic N) is 2. The summed E-state index contributed by atoms with van der Waals surface area (Å²) < 4.78 is 5.43. The van der Waals surface area contributed by atoms with Gasteiger partial charge in [0.2, 0.25) is 0 Å². The molecule has 0 N–H and O–H groups in total. The van der Waals surface area contributed by atoms with Crippen LogP contribution in [-0.4, -0.2) is 25.0 Å². The predicted octanol–water partition coefficient (Wildman–Crippen LogP) is 2.10. The van der Waals surface area contributed by atoms with Crippen molar-refractivity contribution >= 4 is 5.91 Å². The van der Waals surface area contributed by atoms with Crippen LogP contribution in [0.25, 0.3) is 0 Å². The van der Waals surface area contributed by atoms with E-state index in [1.165, 1.54) is 4.90 Å². The molecular weight excluding hydrogens is 228 g/mol. The van der Waals surface area contributed by atoms with Crippen LogP contribution >= 0.6 is 0 Å². The molecule has 0 saturated carbocycles. The fourth-order valence-corrected chi connectivity index (χ4v) is 1.97. The summed E-state index contributed by atoms with van der Waals surface area (Å²) >= 11 is 0. The Hall–Kier alpha value is -2.02. The lowest BCUT2D eigenvalue weighted by Crippen LogP contribution is -2.25. The van der Waals surface area contributed by atoms with E-state index >= 15 is 0 Å². The van der Waals surface area contributed by atoms with Gasteiger partial charge in [0, 0.05) is 12.6 Å². The molecule has 0 unspecified atom stereocenters. The highest BCUT2D eigenvalue weighted by Crippen LogP contribution is 2.30. The van der Waals surface area contributed by atoms with Crippen LogP contribution < -0.4 is 4.74 Å². The second-order valence-corrected chi connectivity index (χ2v) is 4.42. The van der Waals surface area contributed by atoms with Gasteiger partial charge in [-0.3, -0.25) is 4.79 Å². The topological polar surface area (TPSA) is 53.3 Å². The third kappa shape index (κ3) is 2.62. The zero-order chi connectivity index (χ0) is 13.9. The Labute approximate surface area is 108 Å². The fraction of sp³-hybridized carbons (Fsp3) is 0.429. The van der Waals surface area contributed by atoms with E-state index in [2.05, 4.69) is 6.07 Å². The quantitative estimate of drug-likeness (QED) is 0.767. The van der Waals surface area contributed by atoms with Crippen molar-refractivity contribution in [2.75, 3.05) is 14.2 Å². The molecule has 0 heterocycles. The zero-order valence-electron chi connectivity index (χ0n) is 11.5. The molecule has 0 spiro atoms. The number of hydrogen-bond donors (Lipinski definition) is 0. The van der Waals surface area contributed by atoms with Crippen LogP contribution in [-0.2, 0) is 11.3 Å². The SMILES string of the molecule is COc1c(C)c(C)cc(C)c1CN(C)C(=O)C#N. The van der Waals surface area contributed by atoms with Gasteiger partial charge in [-0.1, -0.05) is 6.07 Å². The van der Waals surface area contributed by atoms with Crippen LogP contribution in [0.4, 0.5) is 0 Å². The van der Waals surface area contributed by atoms with Crippen molar-refractivity contribution in [3.05, 3.63) is 28.3 Å². The Morgan fingerprint density at radius 1 is 1.39 bits per heavy atom. The van der Waals surface area contributed by atoms with Gasteiger partial charge in [0.05, 0.1) is 13.7 Å². The largest absolute Gasteiger partial charge is 0.496 e. The van der Waals surface area contributed by atoms with Crippen molar-refractivity contribution in [3.8, 4) is 11.8 Å². The van der Waals surface area contributed by atoms with E-state index in [0.29, 0.717) is 6.54 Å². The lowest BCUT2D eigenvalue weighted by Gasteiger charge is -2.20. The fourth-order valence-electron chi connectivity index (χ4n) is 1.97. The number of carbonyl (C=O) groups is 1. The third-order valence-electron chi connectivity index (χ3n) is 3.16. The smallest absolute Gasteiger partial charge is 0.325 e. The minimum Gasteiger partial charge on any atom is -0.496 e. The maximum Gasteiger partial charge on any atom is 0.325 e. The van der Waals surface area contributed by atoms with Crippen molar-refractivity contribution in [2.45, 2.75) is 27.3 Å². The van der Waals surface area contributed by atoms with Crippen molar-refractivity contribution < 1.29 is 9.53 Å². The van der Waals surface area contributed by atoms with Crippen molar-refractivity contribution in [2.24, 2.45) is 0 Å². The molecule has 0 radical (unpaired) electrons. The molecule has 0 aliphatic carbocycles. The first-order valence-electron chi connectivity index (χ1n) is 5.71. The Kier molecular flexibility index (Phi) is 4.33. The number of nitriles is 1. The Morgan fingerprint density at radius 3 is 2.50 bits per heavy atom. The van der Waals surface area contributed by atoms with Crippen LogP contribution in [0.5, 0.6) is 5.75 Å². The van der Waals surface area contributed by atoms with E-state index < -0.39 is 5.91 Å². The first-order valence-corrected chi connectivity index (χ1v) is 5.71. The van der Waals surface area contributed by atoms with Crippen LogP contribution in [0, 0.1) is 32.1 Å². The van der Waals surface area contributed by atoms with Gasteiger partial charge in [0.25, 0.3) is 0 Å². The molecule has 1 amide bonds. The summed E-state index contributed by atoms with van der Waals surface area (Å²) in [6.45, 7) is 6.37. The zero-order valence-corrected chi connectivity index (χ0v) is 11.5. The molecule has 0 fully saturated rings.